The maximum Gasteiger partial charge on any atom is 0.220 e. The fraction of sp³-hybridized carbons (Fsp3) is 0.222. The summed E-state index contributed by atoms with van der Waals surface area (Å²) in [5.41, 5.74) is 1.43. The molecular weight excluding hydrogens is 331 g/mol. The van der Waals surface area contributed by atoms with Gasteiger partial charge in [-0.05, 0) is 42.3 Å². The van der Waals surface area contributed by atoms with Crippen LogP contribution >= 0.6 is 0 Å². The summed E-state index contributed by atoms with van der Waals surface area (Å²) in [5.74, 6) is -1.18. The van der Waals surface area contributed by atoms with Crippen LogP contribution in [0.4, 0.5) is 13.2 Å². The third kappa shape index (κ3) is 3.81. The molecule has 0 radical (unpaired) electrons. The number of rotatable bonds is 5. The average Bonchev–Trinajstić information content (AvgIpc) is 2.89. The van der Waals surface area contributed by atoms with Crippen LogP contribution in [0.5, 0.6) is 0 Å². The number of hydrogen-bond acceptors (Lipinski definition) is 2. The lowest BCUT2D eigenvalue weighted by Crippen LogP contribution is -2.24. The van der Waals surface area contributed by atoms with Crippen molar-refractivity contribution in [2.45, 2.75) is 19.4 Å². The van der Waals surface area contributed by atoms with Gasteiger partial charge >= 0.3 is 0 Å². The number of benzene rings is 2. The Morgan fingerprint density at radius 2 is 1.84 bits per heavy atom. The van der Waals surface area contributed by atoms with Gasteiger partial charge in [0.1, 0.15) is 23.3 Å². The van der Waals surface area contributed by atoms with Gasteiger partial charge in [-0.25, -0.2) is 18.2 Å². The van der Waals surface area contributed by atoms with Gasteiger partial charge in [0.25, 0.3) is 0 Å². The van der Waals surface area contributed by atoms with Crippen molar-refractivity contribution in [2.24, 2.45) is 7.05 Å². The molecule has 0 bridgehead atoms. The van der Waals surface area contributed by atoms with E-state index >= 15 is 0 Å². The molecule has 0 spiro atoms. The SMILES string of the molecule is Cn1c(CNC(=O)CCc2cc(F)ccc2F)nc2cc(F)ccc21. The second-order valence-corrected chi connectivity index (χ2v) is 5.73. The van der Waals surface area contributed by atoms with E-state index in [9.17, 15) is 18.0 Å². The van der Waals surface area contributed by atoms with Gasteiger partial charge in [-0.2, -0.15) is 0 Å². The molecule has 0 aliphatic carbocycles. The van der Waals surface area contributed by atoms with Gasteiger partial charge in [0, 0.05) is 19.5 Å². The van der Waals surface area contributed by atoms with Gasteiger partial charge in [-0.3, -0.25) is 4.79 Å². The molecule has 4 nitrogen and oxygen atoms in total. The second-order valence-electron chi connectivity index (χ2n) is 5.73. The van der Waals surface area contributed by atoms with Crippen molar-refractivity contribution in [1.82, 2.24) is 14.9 Å². The van der Waals surface area contributed by atoms with Gasteiger partial charge in [-0.1, -0.05) is 0 Å². The highest BCUT2D eigenvalue weighted by atomic mass is 19.1. The summed E-state index contributed by atoms with van der Waals surface area (Å²) in [6.45, 7) is 0.164. The molecule has 0 unspecified atom stereocenters. The molecule has 25 heavy (non-hydrogen) atoms. The Balaban J connectivity index is 1.61. The first-order valence-electron chi connectivity index (χ1n) is 7.75. The fourth-order valence-electron chi connectivity index (χ4n) is 2.63. The molecule has 0 saturated heterocycles. The second kappa shape index (κ2) is 6.96. The number of nitrogens with zero attached hydrogens (tertiary/aromatic N) is 2. The molecule has 3 rings (SSSR count). The first-order valence-corrected chi connectivity index (χ1v) is 7.75. The highest BCUT2D eigenvalue weighted by Gasteiger charge is 2.11. The van der Waals surface area contributed by atoms with E-state index in [2.05, 4.69) is 10.3 Å². The zero-order chi connectivity index (χ0) is 18.0. The largest absolute Gasteiger partial charge is 0.349 e. The molecule has 0 aliphatic heterocycles. The van der Waals surface area contributed by atoms with E-state index in [0.29, 0.717) is 11.3 Å². The van der Waals surface area contributed by atoms with Crippen molar-refractivity contribution in [1.29, 1.82) is 0 Å². The molecule has 7 heteroatoms. The van der Waals surface area contributed by atoms with Crippen molar-refractivity contribution < 1.29 is 18.0 Å². The van der Waals surface area contributed by atoms with E-state index in [4.69, 9.17) is 0 Å². The molecule has 1 amide bonds. The maximum absolute atomic E-state index is 13.5. The number of carbonyl (C=O) groups excluding carboxylic acids is 1. The van der Waals surface area contributed by atoms with Crippen LogP contribution in [0.25, 0.3) is 11.0 Å². The Labute approximate surface area is 142 Å². The van der Waals surface area contributed by atoms with Crippen LogP contribution in [0.1, 0.15) is 17.8 Å². The molecule has 0 saturated carbocycles. The number of aromatic nitrogens is 2. The smallest absolute Gasteiger partial charge is 0.220 e. The number of imidazole rings is 1. The van der Waals surface area contributed by atoms with Gasteiger partial charge in [0.05, 0.1) is 17.6 Å². The van der Waals surface area contributed by atoms with Crippen LogP contribution < -0.4 is 5.32 Å². The molecule has 1 N–H and O–H groups in total. The lowest BCUT2D eigenvalue weighted by Gasteiger charge is -2.06. The maximum atomic E-state index is 13.5. The Morgan fingerprint density at radius 1 is 1.12 bits per heavy atom. The monoisotopic (exact) mass is 347 g/mol. The van der Waals surface area contributed by atoms with Crippen LogP contribution in [0, 0.1) is 17.5 Å². The quantitative estimate of drug-likeness (QED) is 0.770. The number of halogens is 3. The predicted octanol–water partition coefficient (Wildman–Crippen LogP) is 3.24. The zero-order valence-corrected chi connectivity index (χ0v) is 13.5. The number of amides is 1. The molecule has 0 aliphatic rings. The summed E-state index contributed by atoms with van der Waals surface area (Å²) >= 11 is 0. The van der Waals surface area contributed by atoms with E-state index in [1.165, 1.54) is 12.1 Å². The molecule has 0 atom stereocenters. The molecule has 2 aromatic carbocycles. The topological polar surface area (TPSA) is 46.9 Å². The Bertz CT molecular complexity index is 937. The van der Waals surface area contributed by atoms with Crippen LogP contribution in [-0.2, 0) is 24.8 Å². The highest BCUT2D eigenvalue weighted by molar-refractivity contribution is 5.77. The van der Waals surface area contributed by atoms with E-state index in [0.717, 1.165) is 23.7 Å². The number of hydrogen-bond donors (Lipinski definition) is 1. The Morgan fingerprint density at radius 3 is 2.64 bits per heavy atom. The Hall–Kier alpha value is -2.83. The molecular formula is C18H16F3N3O. The zero-order valence-electron chi connectivity index (χ0n) is 13.5. The third-order valence-corrected chi connectivity index (χ3v) is 4.01. The Kier molecular flexibility index (Phi) is 4.74. The minimum absolute atomic E-state index is 0.0267. The number of aryl methyl sites for hydroxylation is 2. The van der Waals surface area contributed by atoms with E-state index in [1.54, 1.807) is 17.7 Å². The lowest BCUT2D eigenvalue weighted by atomic mass is 10.1. The first-order chi connectivity index (χ1) is 11.9. The van der Waals surface area contributed by atoms with E-state index in [-0.39, 0.29) is 36.7 Å². The standard InChI is InChI=1S/C18H16F3N3O/c1-24-16-6-4-13(20)9-15(16)23-17(24)10-22-18(25)7-2-11-8-12(19)3-5-14(11)21/h3-6,8-9H,2,7,10H2,1H3,(H,22,25). The van der Waals surface area contributed by atoms with Gasteiger partial charge in [0.2, 0.25) is 5.91 Å². The van der Waals surface area contributed by atoms with Crippen molar-refractivity contribution >= 4 is 16.9 Å². The fourth-order valence-corrected chi connectivity index (χ4v) is 2.63. The summed E-state index contributed by atoms with van der Waals surface area (Å²) in [4.78, 5) is 16.2. The van der Waals surface area contributed by atoms with E-state index < -0.39 is 11.6 Å². The molecule has 1 heterocycles. The molecule has 0 fully saturated rings. The van der Waals surface area contributed by atoms with Crippen molar-refractivity contribution in [3.63, 3.8) is 0 Å². The number of nitrogens with one attached hydrogen (secondary N) is 1. The lowest BCUT2D eigenvalue weighted by molar-refractivity contribution is -0.121. The predicted molar refractivity (Wildman–Crippen MR) is 87.2 cm³/mol. The van der Waals surface area contributed by atoms with Crippen molar-refractivity contribution in [3.05, 3.63) is 65.2 Å². The van der Waals surface area contributed by atoms with Gasteiger partial charge in [-0.15, -0.1) is 0 Å². The summed E-state index contributed by atoms with van der Waals surface area (Å²) in [5, 5.41) is 2.69. The minimum atomic E-state index is -0.538. The van der Waals surface area contributed by atoms with Gasteiger partial charge in [0.15, 0.2) is 0 Å². The van der Waals surface area contributed by atoms with Crippen LogP contribution in [0.2, 0.25) is 0 Å². The van der Waals surface area contributed by atoms with Crippen molar-refractivity contribution in [3.8, 4) is 0 Å². The summed E-state index contributed by atoms with van der Waals surface area (Å²) in [6.07, 6.45) is 0.127. The van der Waals surface area contributed by atoms with E-state index in [1.807, 2.05) is 0 Å². The first kappa shape index (κ1) is 17.0. The number of carbonyl (C=O) groups is 1. The molecule has 3 aromatic rings. The van der Waals surface area contributed by atoms with Crippen LogP contribution in [-0.4, -0.2) is 15.5 Å². The average molecular weight is 347 g/mol. The third-order valence-electron chi connectivity index (χ3n) is 4.01. The normalized spacial score (nSPS) is 11.0. The highest BCUT2D eigenvalue weighted by Crippen LogP contribution is 2.16. The number of fused-ring (bicyclic) bond motifs is 1. The van der Waals surface area contributed by atoms with Crippen molar-refractivity contribution in [2.75, 3.05) is 0 Å². The summed E-state index contributed by atoms with van der Waals surface area (Å²) < 4.78 is 41.6. The van der Waals surface area contributed by atoms with Crippen LogP contribution in [0.3, 0.4) is 0 Å². The van der Waals surface area contributed by atoms with Crippen LogP contribution in [0.15, 0.2) is 36.4 Å². The minimum Gasteiger partial charge on any atom is -0.349 e. The van der Waals surface area contributed by atoms with Gasteiger partial charge < -0.3 is 9.88 Å². The summed E-state index contributed by atoms with van der Waals surface area (Å²) in [6, 6.07) is 7.46. The molecule has 130 valence electrons. The summed E-state index contributed by atoms with van der Waals surface area (Å²) in [7, 11) is 1.77. The molecule has 1 aromatic heterocycles.